The van der Waals surface area contributed by atoms with Crippen molar-refractivity contribution in [3.8, 4) is 0 Å². The third-order valence-corrected chi connectivity index (χ3v) is 2.58. The fraction of sp³-hybridized carbons (Fsp3) is 0.667. The molecule has 7 heteroatoms. The third kappa shape index (κ3) is 3.97. The van der Waals surface area contributed by atoms with Gasteiger partial charge in [0.25, 0.3) is 0 Å². The van der Waals surface area contributed by atoms with Crippen LogP contribution in [0.25, 0.3) is 0 Å². The van der Waals surface area contributed by atoms with Crippen molar-refractivity contribution < 1.29 is 13.2 Å². The number of anilines is 2. The summed E-state index contributed by atoms with van der Waals surface area (Å²) >= 11 is 0. The minimum atomic E-state index is -4.55. The van der Waals surface area contributed by atoms with E-state index >= 15 is 0 Å². The molecule has 19 heavy (non-hydrogen) atoms. The summed E-state index contributed by atoms with van der Waals surface area (Å²) in [5.41, 5.74) is 0. The number of hydrogen-bond acceptors (Lipinski definition) is 4. The molecule has 0 aliphatic carbocycles. The zero-order valence-corrected chi connectivity index (χ0v) is 11.5. The quantitative estimate of drug-likeness (QED) is 0.897. The molecule has 0 spiro atoms. The molecule has 1 aromatic heterocycles. The molecule has 0 aromatic carbocycles. The second kappa shape index (κ2) is 6.08. The highest BCUT2D eigenvalue weighted by molar-refractivity contribution is 5.50. The molecule has 0 aliphatic heterocycles. The van der Waals surface area contributed by atoms with Crippen LogP contribution in [0.2, 0.25) is 0 Å². The lowest BCUT2D eigenvalue weighted by molar-refractivity contribution is -0.144. The van der Waals surface area contributed by atoms with Crippen LogP contribution in [0.1, 0.15) is 33.5 Å². The maximum atomic E-state index is 12.8. The van der Waals surface area contributed by atoms with Crippen LogP contribution in [0.15, 0.2) is 6.07 Å². The summed E-state index contributed by atoms with van der Waals surface area (Å²) in [4.78, 5) is 8.92. The van der Waals surface area contributed by atoms with Crippen LogP contribution in [0.4, 0.5) is 24.8 Å². The van der Waals surface area contributed by atoms with Gasteiger partial charge >= 0.3 is 6.18 Å². The van der Waals surface area contributed by atoms with Gasteiger partial charge in [-0.25, -0.2) is 9.97 Å². The number of nitrogens with zero attached hydrogens (tertiary/aromatic N) is 3. The molecule has 0 bridgehead atoms. The normalized spacial score (nSPS) is 11.8. The first-order valence-corrected chi connectivity index (χ1v) is 6.26. The molecule has 1 rings (SSSR count). The molecule has 1 heterocycles. The van der Waals surface area contributed by atoms with E-state index in [1.807, 2.05) is 20.8 Å². The lowest BCUT2D eigenvalue weighted by Gasteiger charge is -2.27. The summed E-state index contributed by atoms with van der Waals surface area (Å²) < 4.78 is 38.4. The number of halogens is 3. The summed E-state index contributed by atoms with van der Waals surface area (Å²) in [6.45, 7) is 8.58. The van der Waals surface area contributed by atoms with E-state index in [9.17, 15) is 13.2 Å². The fourth-order valence-corrected chi connectivity index (χ4v) is 1.77. The van der Waals surface area contributed by atoms with Crippen LogP contribution in [0.5, 0.6) is 0 Å². The zero-order valence-electron chi connectivity index (χ0n) is 11.5. The van der Waals surface area contributed by atoms with Gasteiger partial charge in [-0.3, -0.25) is 0 Å². The van der Waals surface area contributed by atoms with Crippen molar-refractivity contribution in [1.29, 1.82) is 0 Å². The number of alkyl halides is 3. The fourth-order valence-electron chi connectivity index (χ4n) is 1.77. The van der Waals surface area contributed by atoms with Crippen molar-refractivity contribution in [1.82, 2.24) is 9.97 Å². The Labute approximate surface area is 111 Å². The highest BCUT2D eigenvalue weighted by Crippen LogP contribution is 2.29. The summed E-state index contributed by atoms with van der Waals surface area (Å²) in [6, 6.07) is 1.61. The molecule has 0 aliphatic rings. The van der Waals surface area contributed by atoms with Crippen LogP contribution in [-0.4, -0.2) is 29.1 Å². The molecule has 108 valence electrons. The highest BCUT2D eigenvalue weighted by Gasteiger charge is 2.36. The molecular weight excluding hydrogens is 257 g/mol. The predicted molar refractivity (Wildman–Crippen MR) is 69.4 cm³/mol. The van der Waals surface area contributed by atoms with E-state index in [-0.39, 0.29) is 17.7 Å². The minimum absolute atomic E-state index is 0.0652. The van der Waals surface area contributed by atoms with E-state index in [0.29, 0.717) is 13.1 Å². The molecule has 4 nitrogen and oxygen atoms in total. The Morgan fingerprint density at radius 3 is 2.32 bits per heavy atom. The number of hydrogen-bond donors (Lipinski definition) is 1. The Hall–Kier alpha value is -1.53. The summed E-state index contributed by atoms with van der Waals surface area (Å²) in [5, 5.41) is 2.80. The predicted octanol–water partition coefficient (Wildman–Crippen LogP) is 3.16. The molecule has 0 saturated heterocycles. The van der Waals surface area contributed by atoms with Crippen LogP contribution >= 0.6 is 0 Å². The van der Waals surface area contributed by atoms with Crippen LogP contribution in [0.3, 0.4) is 0 Å². The van der Waals surface area contributed by atoms with Gasteiger partial charge in [0, 0.05) is 25.2 Å². The first-order chi connectivity index (χ1) is 8.79. The highest BCUT2D eigenvalue weighted by atomic mass is 19.4. The Balaban J connectivity index is 3.27. The molecule has 0 saturated carbocycles. The topological polar surface area (TPSA) is 41.0 Å². The van der Waals surface area contributed by atoms with Gasteiger partial charge in [0.05, 0.1) is 0 Å². The molecule has 0 atom stereocenters. The lowest BCUT2D eigenvalue weighted by atomic mass is 10.3. The van der Waals surface area contributed by atoms with Crippen molar-refractivity contribution in [3.05, 3.63) is 11.9 Å². The number of aromatic nitrogens is 2. The van der Waals surface area contributed by atoms with E-state index in [1.165, 1.54) is 0 Å². The molecule has 1 aromatic rings. The van der Waals surface area contributed by atoms with Crippen LogP contribution in [-0.2, 0) is 6.18 Å². The van der Waals surface area contributed by atoms with Gasteiger partial charge in [-0.1, -0.05) is 0 Å². The second-order valence-electron chi connectivity index (χ2n) is 4.34. The van der Waals surface area contributed by atoms with E-state index in [1.54, 1.807) is 17.9 Å². The summed E-state index contributed by atoms with van der Waals surface area (Å²) in [5.74, 6) is -0.630. The van der Waals surface area contributed by atoms with Crippen molar-refractivity contribution in [2.24, 2.45) is 0 Å². The Morgan fingerprint density at radius 2 is 1.89 bits per heavy atom. The number of nitrogens with one attached hydrogen (secondary N) is 1. The first-order valence-electron chi connectivity index (χ1n) is 6.26. The van der Waals surface area contributed by atoms with Gasteiger partial charge in [-0.2, -0.15) is 13.2 Å². The summed E-state index contributed by atoms with van der Waals surface area (Å²) in [6.07, 6.45) is -4.55. The maximum Gasteiger partial charge on any atom is 0.451 e. The van der Waals surface area contributed by atoms with Crippen molar-refractivity contribution >= 4 is 11.6 Å². The van der Waals surface area contributed by atoms with Gasteiger partial charge in [-0.15, -0.1) is 0 Å². The summed E-state index contributed by atoms with van der Waals surface area (Å²) in [7, 11) is 0. The van der Waals surface area contributed by atoms with Crippen molar-refractivity contribution in [3.63, 3.8) is 0 Å². The lowest BCUT2D eigenvalue weighted by Crippen LogP contribution is -2.32. The molecule has 0 fully saturated rings. The first kappa shape index (κ1) is 15.5. The van der Waals surface area contributed by atoms with E-state index < -0.39 is 12.0 Å². The average Bonchev–Trinajstić information content (AvgIpc) is 2.28. The molecule has 1 N–H and O–H groups in total. The van der Waals surface area contributed by atoms with E-state index in [2.05, 4.69) is 15.3 Å². The Kier molecular flexibility index (Phi) is 4.97. The minimum Gasteiger partial charge on any atom is -0.370 e. The van der Waals surface area contributed by atoms with Gasteiger partial charge in [0.15, 0.2) is 0 Å². The number of rotatable bonds is 5. The monoisotopic (exact) mass is 276 g/mol. The second-order valence-corrected chi connectivity index (χ2v) is 4.34. The van der Waals surface area contributed by atoms with Gasteiger partial charge in [-0.05, 0) is 27.7 Å². The van der Waals surface area contributed by atoms with Crippen molar-refractivity contribution in [2.45, 2.75) is 39.9 Å². The third-order valence-electron chi connectivity index (χ3n) is 2.58. The Morgan fingerprint density at radius 1 is 1.26 bits per heavy atom. The standard InChI is InChI=1S/C12H19F3N4/c1-5-16-9-7-10(19(6-2)8(3)4)18-11(17-9)12(13,14)15/h7-8H,5-6H2,1-4H3,(H,16,17,18). The van der Waals surface area contributed by atoms with Gasteiger partial charge in [0.1, 0.15) is 11.6 Å². The van der Waals surface area contributed by atoms with Crippen LogP contribution < -0.4 is 10.2 Å². The largest absolute Gasteiger partial charge is 0.451 e. The SMILES string of the molecule is CCNc1cc(N(CC)C(C)C)nc(C(F)(F)F)n1. The van der Waals surface area contributed by atoms with E-state index in [0.717, 1.165) is 0 Å². The van der Waals surface area contributed by atoms with Crippen LogP contribution in [0, 0.1) is 0 Å². The van der Waals surface area contributed by atoms with Gasteiger partial charge in [0.2, 0.25) is 5.82 Å². The smallest absolute Gasteiger partial charge is 0.370 e. The maximum absolute atomic E-state index is 12.8. The molecule has 0 radical (unpaired) electrons. The molecule has 0 unspecified atom stereocenters. The zero-order chi connectivity index (χ0) is 14.6. The van der Waals surface area contributed by atoms with Gasteiger partial charge < -0.3 is 10.2 Å². The van der Waals surface area contributed by atoms with E-state index in [4.69, 9.17) is 0 Å². The average molecular weight is 276 g/mol. The van der Waals surface area contributed by atoms with Crippen molar-refractivity contribution in [2.75, 3.05) is 23.3 Å². The molecule has 0 amide bonds. The molecular formula is C12H19F3N4. The Bertz CT molecular complexity index is 418.